The highest BCUT2D eigenvalue weighted by molar-refractivity contribution is 7.26. The Morgan fingerprint density at radius 3 is 1.63 bits per heavy atom. The van der Waals surface area contributed by atoms with Crippen molar-refractivity contribution in [3.8, 4) is 50.6 Å². The van der Waals surface area contributed by atoms with Crippen LogP contribution in [-0.4, -0.2) is 0 Å². The van der Waals surface area contributed by atoms with E-state index in [1.54, 1.807) is 0 Å². The lowest BCUT2D eigenvalue weighted by atomic mass is 9.85. The monoisotopic (exact) mass is 619 g/mol. The van der Waals surface area contributed by atoms with Gasteiger partial charge in [-0.2, -0.15) is 5.26 Å². The number of fused-ring (bicyclic) bond motifs is 6. The number of benzene rings is 7. The number of rotatable bonds is 4. The highest BCUT2D eigenvalue weighted by Crippen LogP contribution is 2.45. The van der Waals surface area contributed by atoms with Crippen LogP contribution in [0.25, 0.3) is 84.9 Å². The summed E-state index contributed by atoms with van der Waals surface area (Å²) in [5, 5.41) is 15.6. The van der Waals surface area contributed by atoms with Crippen molar-refractivity contribution in [3.05, 3.63) is 157 Å². The second-order valence-electron chi connectivity index (χ2n) is 11.6. The SMILES string of the molecule is N#Cc1cc(-c2ccccc2)ccc1-c1cccc(-c2ccc3sc4ccccc4c3c2)c1-c1ccc2sc3ccccc3c2c1. The maximum absolute atomic E-state index is 10.5. The Bertz CT molecular complexity index is 2650. The molecule has 214 valence electrons. The van der Waals surface area contributed by atoms with Crippen LogP contribution in [0.1, 0.15) is 5.56 Å². The zero-order valence-electron chi connectivity index (χ0n) is 24.7. The molecule has 7 aromatic carbocycles. The number of thiophene rings is 2. The summed E-state index contributed by atoms with van der Waals surface area (Å²) in [7, 11) is 0. The number of hydrogen-bond donors (Lipinski definition) is 0. The van der Waals surface area contributed by atoms with Crippen LogP contribution in [0.2, 0.25) is 0 Å². The first kappa shape index (κ1) is 26.8. The number of hydrogen-bond acceptors (Lipinski definition) is 3. The van der Waals surface area contributed by atoms with Crippen LogP contribution in [0.4, 0.5) is 0 Å². The minimum Gasteiger partial charge on any atom is -0.192 e. The van der Waals surface area contributed by atoms with Crippen LogP contribution >= 0.6 is 22.7 Å². The van der Waals surface area contributed by atoms with E-state index in [1.807, 2.05) is 46.9 Å². The predicted octanol–water partition coefficient (Wildman–Crippen LogP) is 13.0. The summed E-state index contributed by atoms with van der Waals surface area (Å²) >= 11 is 3.67. The van der Waals surface area contributed by atoms with Gasteiger partial charge in [-0.05, 0) is 81.4 Å². The van der Waals surface area contributed by atoms with Crippen LogP contribution < -0.4 is 0 Å². The molecule has 1 nitrogen and oxygen atoms in total. The molecule has 0 saturated carbocycles. The molecule has 3 heteroatoms. The van der Waals surface area contributed by atoms with E-state index in [-0.39, 0.29) is 0 Å². The third-order valence-electron chi connectivity index (χ3n) is 8.95. The first-order valence-corrected chi connectivity index (χ1v) is 16.9. The van der Waals surface area contributed by atoms with Crippen molar-refractivity contribution in [2.24, 2.45) is 0 Å². The largest absolute Gasteiger partial charge is 0.192 e. The number of nitrogens with zero attached hydrogens (tertiary/aromatic N) is 1. The van der Waals surface area contributed by atoms with E-state index in [9.17, 15) is 5.26 Å². The van der Waals surface area contributed by atoms with E-state index in [0.717, 1.165) is 38.9 Å². The second kappa shape index (κ2) is 10.8. The summed E-state index contributed by atoms with van der Waals surface area (Å²) in [5.74, 6) is 0. The van der Waals surface area contributed by atoms with Crippen molar-refractivity contribution in [1.82, 2.24) is 0 Å². The smallest absolute Gasteiger partial charge is 0.0998 e. The average Bonchev–Trinajstić information content (AvgIpc) is 3.69. The summed E-state index contributed by atoms with van der Waals surface area (Å²) in [5.41, 5.74) is 9.42. The topological polar surface area (TPSA) is 23.8 Å². The summed E-state index contributed by atoms with van der Waals surface area (Å²) < 4.78 is 5.16. The lowest BCUT2D eigenvalue weighted by molar-refractivity contribution is 1.47. The maximum atomic E-state index is 10.5. The highest BCUT2D eigenvalue weighted by Gasteiger charge is 2.19. The molecule has 0 aliphatic carbocycles. The molecular formula is C43H25NS2. The van der Waals surface area contributed by atoms with Gasteiger partial charge in [-0.1, -0.05) is 109 Å². The summed E-state index contributed by atoms with van der Waals surface area (Å²) in [6.07, 6.45) is 0. The van der Waals surface area contributed by atoms with Gasteiger partial charge in [-0.25, -0.2) is 0 Å². The van der Waals surface area contributed by atoms with Crippen LogP contribution in [0.15, 0.2) is 152 Å². The Morgan fingerprint density at radius 2 is 0.935 bits per heavy atom. The van der Waals surface area contributed by atoms with E-state index in [1.165, 1.54) is 45.9 Å². The van der Waals surface area contributed by atoms with E-state index >= 15 is 0 Å². The van der Waals surface area contributed by atoms with Gasteiger partial charge in [0.1, 0.15) is 0 Å². The highest BCUT2D eigenvalue weighted by atomic mass is 32.1. The van der Waals surface area contributed by atoms with Gasteiger partial charge in [0.25, 0.3) is 0 Å². The Labute approximate surface area is 274 Å². The Balaban J connectivity index is 1.32. The molecule has 2 aromatic heterocycles. The summed E-state index contributed by atoms with van der Waals surface area (Å²) in [6.45, 7) is 0. The fourth-order valence-electron chi connectivity index (χ4n) is 6.79. The Morgan fingerprint density at radius 1 is 0.370 bits per heavy atom. The lowest BCUT2D eigenvalue weighted by Gasteiger charge is -2.18. The van der Waals surface area contributed by atoms with Crippen molar-refractivity contribution in [2.75, 3.05) is 0 Å². The fraction of sp³-hybridized carbons (Fsp3) is 0. The van der Waals surface area contributed by atoms with E-state index in [0.29, 0.717) is 5.56 Å². The molecule has 9 aromatic rings. The first-order valence-electron chi connectivity index (χ1n) is 15.3. The maximum Gasteiger partial charge on any atom is 0.0998 e. The van der Waals surface area contributed by atoms with E-state index in [2.05, 4.69) is 133 Å². The Hall–Kier alpha value is -5.53. The third-order valence-corrected chi connectivity index (χ3v) is 11.3. The van der Waals surface area contributed by atoms with Crippen molar-refractivity contribution in [3.63, 3.8) is 0 Å². The fourth-order valence-corrected chi connectivity index (χ4v) is 8.96. The molecule has 2 heterocycles. The van der Waals surface area contributed by atoms with Crippen LogP contribution in [0, 0.1) is 11.3 Å². The molecule has 0 amide bonds. The predicted molar refractivity (Wildman–Crippen MR) is 199 cm³/mol. The van der Waals surface area contributed by atoms with Crippen LogP contribution in [-0.2, 0) is 0 Å². The van der Waals surface area contributed by atoms with Crippen molar-refractivity contribution < 1.29 is 0 Å². The molecule has 0 atom stereocenters. The van der Waals surface area contributed by atoms with Gasteiger partial charge in [-0.3, -0.25) is 0 Å². The van der Waals surface area contributed by atoms with Gasteiger partial charge in [0.2, 0.25) is 0 Å². The Kier molecular flexibility index (Phi) is 6.31. The van der Waals surface area contributed by atoms with Gasteiger partial charge >= 0.3 is 0 Å². The van der Waals surface area contributed by atoms with Crippen LogP contribution in [0.3, 0.4) is 0 Å². The van der Waals surface area contributed by atoms with Crippen LogP contribution in [0.5, 0.6) is 0 Å². The molecule has 0 spiro atoms. The molecule has 0 aliphatic heterocycles. The minimum atomic E-state index is 0.668. The number of nitriles is 1. The van der Waals surface area contributed by atoms with Crippen molar-refractivity contribution in [1.29, 1.82) is 5.26 Å². The minimum absolute atomic E-state index is 0.668. The second-order valence-corrected chi connectivity index (χ2v) is 13.8. The van der Waals surface area contributed by atoms with Gasteiger partial charge in [0, 0.05) is 45.9 Å². The molecule has 0 saturated heterocycles. The van der Waals surface area contributed by atoms with Gasteiger partial charge in [-0.15, -0.1) is 22.7 Å². The summed E-state index contributed by atoms with van der Waals surface area (Å²) in [4.78, 5) is 0. The van der Waals surface area contributed by atoms with Gasteiger partial charge < -0.3 is 0 Å². The molecular weight excluding hydrogens is 595 g/mol. The average molecular weight is 620 g/mol. The molecule has 0 unspecified atom stereocenters. The molecule has 0 bridgehead atoms. The van der Waals surface area contributed by atoms with E-state index < -0.39 is 0 Å². The molecule has 46 heavy (non-hydrogen) atoms. The normalized spacial score (nSPS) is 11.5. The van der Waals surface area contributed by atoms with Gasteiger partial charge in [0.15, 0.2) is 0 Å². The molecule has 0 N–H and O–H groups in total. The quantitative estimate of drug-likeness (QED) is 0.192. The molecule has 0 fully saturated rings. The third kappa shape index (κ3) is 4.35. The lowest BCUT2D eigenvalue weighted by Crippen LogP contribution is -1.93. The van der Waals surface area contributed by atoms with E-state index in [4.69, 9.17) is 0 Å². The zero-order chi connectivity index (χ0) is 30.6. The molecule has 0 aliphatic rings. The summed E-state index contributed by atoms with van der Waals surface area (Å²) in [6, 6.07) is 56.7. The zero-order valence-corrected chi connectivity index (χ0v) is 26.3. The van der Waals surface area contributed by atoms with Gasteiger partial charge in [0.05, 0.1) is 11.6 Å². The standard InChI is InChI=1S/C43H25NS2/c44-26-31-23-28(27-9-2-1-3-10-27)17-20-32(31)36-14-8-13-33(29-18-21-41-37(24-29)34-11-4-6-15-39(34)45-41)43(36)30-19-22-42-38(25-30)35-12-5-7-16-40(35)46-42/h1-25H. The molecule has 9 rings (SSSR count). The molecule has 0 radical (unpaired) electrons. The van der Waals surface area contributed by atoms with Crippen molar-refractivity contribution >= 4 is 63.0 Å². The van der Waals surface area contributed by atoms with Crippen molar-refractivity contribution in [2.45, 2.75) is 0 Å². The first-order chi connectivity index (χ1) is 22.7.